The van der Waals surface area contributed by atoms with Crippen molar-refractivity contribution < 1.29 is 9.21 Å². The van der Waals surface area contributed by atoms with E-state index in [1.165, 1.54) is 0 Å². The molecular formula is C15H14N2O2. The first kappa shape index (κ1) is 12.9. The Hall–Kier alpha value is -2.51. The highest BCUT2D eigenvalue weighted by atomic mass is 16.3. The third-order valence-corrected chi connectivity index (χ3v) is 2.53. The fraction of sp³-hybridized carbons (Fsp3) is 0.133. The van der Waals surface area contributed by atoms with Crippen molar-refractivity contribution in [3.05, 3.63) is 59.5 Å². The van der Waals surface area contributed by atoms with E-state index in [2.05, 4.69) is 17.2 Å². The molecule has 0 spiro atoms. The van der Waals surface area contributed by atoms with Crippen LogP contribution in [0.2, 0.25) is 0 Å². The van der Waals surface area contributed by atoms with Gasteiger partial charge in [0.2, 0.25) is 0 Å². The summed E-state index contributed by atoms with van der Waals surface area (Å²) in [6.07, 6.45) is 3.17. The minimum atomic E-state index is -0.164. The minimum absolute atomic E-state index is 0.164. The lowest BCUT2D eigenvalue weighted by molar-refractivity contribution is 0.0950. The molecule has 96 valence electrons. The van der Waals surface area contributed by atoms with Crippen molar-refractivity contribution in [2.24, 2.45) is 5.73 Å². The van der Waals surface area contributed by atoms with E-state index in [0.717, 1.165) is 5.56 Å². The molecule has 0 aliphatic carbocycles. The largest absolute Gasteiger partial charge is 0.472 e. The van der Waals surface area contributed by atoms with Crippen LogP contribution in [0.25, 0.3) is 0 Å². The molecule has 0 atom stereocenters. The summed E-state index contributed by atoms with van der Waals surface area (Å²) in [5, 5.41) is 2.82. The SMILES string of the molecule is NCC#Cc1ccccc1C(=O)NCc1ccoc1. The van der Waals surface area contributed by atoms with Gasteiger partial charge in [0.25, 0.3) is 5.91 Å². The Kier molecular flexibility index (Phi) is 4.38. The van der Waals surface area contributed by atoms with E-state index in [9.17, 15) is 4.79 Å². The fourth-order valence-electron chi connectivity index (χ4n) is 1.61. The summed E-state index contributed by atoms with van der Waals surface area (Å²) in [6.45, 7) is 0.693. The van der Waals surface area contributed by atoms with Gasteiger partial charge in [-0.05, 0) is 18.2 Å². The quantitative estimate of drug-likeness (QED) is 0.816. The van der Waals surface area contributed by atoms with Gasteiger partial charge in [0, 0.05) is 17.7 Å². The lowest BCUT2D eigenvalue weighted by Gasteiger charge is -2.05. The van der Waals surface area contributed by atoms with Crippen LogP contribution in [-0.4, -0.2) is 12.5 Å². The molecule has 0 bridgehead atoms. The van der Waals surface area contributed by atoms with Crippen molar-refractivity contribution in [2.75, 3.05) is 6.54 Å². The van der Waals surface area contributed by atoms with Gasteiger partial charge in [0.05, 0.1) is 24.6 Å². The number of hydrogen-bond acceptors (Lipinski definition) is 3. The summed E-state index contributed by atoms with van der Waals surface area (Å²) in [5.74, 6) is 5.48. The van der Waals surface area contributed by atoms with Gasteiger partial charge < -0.3 is 15.5 Å². The van der Waals surface area contributed by atoms with Gasteiger partial charge in [-0.15, -0.1) is 0 Å². The molecule has 1 aromatic carbocycles. The molecule has 4 nitrogen and oxygen atoms in total. The van der Waals surface area contributed by atoms with Gasteiger partial charge in [-0.25, -0.2) is 0 Å². The van der Waals surface area contributed by atoms with Crippen LogP contribution >= 0.6 is 0 Å². The van der Waals surface area contributed by atoms with E-state index >= 15 is 0 Å². The second-order valence-electron chi connectivity index (χ2n) is 3.87. The first-order valence-corrected chi connectivity index (χ1v) is 5.88. The Morgan fingerprint density at radius 3 is 2.89 bits per heavy atom. The third kappa shape index (κ3) is 3.47. The number of furan rings is 1. The highest BCUT2D eigenvalue weighted by Crippen LogP contribution is 2.08. The molecule has 0 unspecified atom stereocenters. The number of hydrogen-bond donors (Lipinski definition) is 2. The van der Waals surface area contributed by atoms with E-state index in [1.807, 2.05) is 6.07 Å². The number of carbonyl (C=O) groups excluding carboxylic acids is 1. The minimum Gasteiger partial charge on any atom is -0.472 e. The van der Waals surface area contributed by atoms with Gasteiger partial charge in [-0.3, -0.25) is 4.79 Å². The van der Waals surface area contributed by atoms with Crippen LogP contribution in [0.15, 0.2) is 47.3 Å². The highest BCUT2D eigenvalue weighted by Gasteiger charge is 2.09. The molecule has 0 aliphatic heterocycles. The highest BCUT2D eigenvalue weighted by molar-refractivity contribution is 5.96. The van der Waals surface area contributed by atoms with Crippen LogP contribution < -0.4 is 11.1 Å². The third-order valence-electron chi connectivity index (χ3n) is 2.53. The average Bonchev–Trinajstić information content (AvgIpc) is 2.96. The molecular weight excluding hydrogens is 240 g/mol. The Morgan fingerprint density at radius 2 is 2.16 bits per heavy atom. The maximum Gasteiger partial charge on any atom is 0.252 e. The number of carbonyl (C=O) groups is 1. The van der Waals surface area contributed by atoms with Crippen molar-refractivity contribution in [2.45, 2.75) is 6.54 Å². The van der Waals surface area contributed by atoms with E-state index in [1.54, 1.807) is 36.8 Å². The summed E-state index contributed by atoms with van der Waals surface area (Å²) >= 11 is 0. The van der Waals surface area contributed by atoms with Crippen LogP contribution in [0, 0.1) is 11.8 Å². The number of amides is 1. The Bertz CT molecular complexity index is 607. The van der Waals surface area contributed by atoms with E-state index in [-0.39, 0.29) is 12.5 Å². The first-order chi connectivity index (χ1) is 9.31. The van der Waals surface area contributed by atoms with Crippen molar-refractivity contribution in [3.63, 3.8) is 0 Å². The van der Waals surface area contributed by atoms with Gasteiger partial charge in [0.15, 0.2) is 0 Å². The van der Waals surface area contributed by atoms with Gasteiger partial charge in [-0.1, -0.05) is 24.0 Å². The Morgan fingerprint density at radius 1 is 1.32 bits per heavy atom. The normalized spacial score (nSPS) is 9.53. The molecule has 3 N–H and O–H groups in total. The zero-order valence-electron chi connectivity index (χ0n) is 10.3. The average molecular weight is 254 g/mol. The number of nitrogens with two attached hydrogens (primary N) is 1. The molecule has 19 heavy (non-hydrogen) atoms. The summed E-state index contributed by atoms with van der Waals surface area (Å²) < 4.78 is 4.94. The van der Waals surface area contributed by atoms with Crippen LogP contribution in [0.4, 0.5) is 0 Å². The van der Waals surface area contributed by atoms with Crippen LogP contribution in [0.3, 0.4) is 0 Å². The van der Waals surface area contributed by atoms with E-state index < -0.39 is 0 Å². The van der Waals surface area contributed by atoms with Crippen molar-refractivity contribution >= 4 is 5.91 Å². The summed E-state index contributed by atoms with van der Waals surface area (Å²) in [4.78, 5) is 12.1. The summed E-state index contributed by atoms with van der Waals surface area (Å²) in [5.41, 5.74) is 7.48. The fourth-order valence-corrected chi connectivity index (χ4v) is 1.61. The molecule has 0 radical (unpaired) electrons. The second-order valence-corrected chi connectivity index (χ2v) is 3.87. The standard InChI is InChI=1S/C15H14N2O2/c16-8-3-5-13-4-1-2-6-14(13)15(18)17-10-12-7-9-19-11-12/h1-2,4,6-7,9,11H,8,10,16H2,(H,17,18). The van der Waals surface area contributed by atoms with Gasteiger partial charge >= 0.3 is 0 Å². The molecule has 0 aliphatic rings. The maximum absolute atomic E-state index is 12.1. The molecule has 1 amide bonds. The van der Waals surface area contributed by atoms with Gasteiger partial charge in [0.1, 0.15) is 0 Å². The van der Waals surface area contributed by atoms with Crippen LogP contribution in [0.1, 0.15) is 21.5 Å². The first-order valence-electron chi connectivity index (χ1n) is 5.88. The van der Waals surface area contributed by atoms with Crippen molar-refractivity contribution in [1.29, 1.82) is 0 Å². The monoisotopic (exact) mass is 254 g/mol. The zero-order chi connectivity index (χ0) is 13.5. The number of rotatable bonds is 3. The molecule has 4 heteroatoms. The topological polar surface area (TPSA) is 68.3 Å². The van der Waals surface area contributed by atoms with Crippen LogP contribution in [0.5, 0.6) is 0 Å². The van der Waals surface area contributed by atoms with Gasteiger partial charge in [-0.2, -0.15) is 0 Å². The summed E-state index contributed by atoms with van der Waals surface area (Å²) in [6, 6.07) is 8.99. The lowest BCUT2D eigenvalue weighted by Crippen LogP contribution is -2.23. The lowest BCUT2D eigenvalue weighted by atomic mass is 10.1. The summed E-state index contributed by atoms with van der Waals surface area (Å²) in [7, 11) is 0. The van der Waals surface area contributed by atoms with E-state index in [0.29, 0.717) is 17.7 Å². The van der Waals surface area contributed by atoms with Crippen molar-refractivity contribution in [1.82, 2.24) is 5.32 Å². The molecule has 1 aromatic heterocycles. The molecule has 1 heterocycles. The second kappa shape index (κ2) is 6.43. The Balaban J connectivity index is 2.10. The zero-order valence-corrected chi connectivity index (χ0v) is 10.3. The predicted molar refractivity (Wildman–Crippen MR) is 72.3 cm³/mol. The molecule has 2 rings (SSSR count). The number of benzene rings is 1. The maximum atomic E-state index is 12.1. The molecule has 0 fully saturated rings. The molecule has 0 saturated heterocycles. The number of nitrogens with one attached hydrogen (secondary N) is 1. The molecule has 2 aromatic rings. The predicted octanol–water partition coefficient (Wildman–Crippen LogP) is 1.52. The smallest absolute Gasteiger partial charge is 0.252 e. The van der Waals surface area contributed by atoms with Crippen LogP contribution in [-0.2, 0) is 6.54 Å². The Labute approximate surface area is 111 Å². The van der Waals surface area contributed by atoms with E-state index in [4.69, 9.17) is 10.2 Å². The molecule has 0 saturated carbocycles. The van der Waals surface area contributed by atoms with Crippen molar-refractivity contribution in [3.8, 4) is 11.8 Å².